The van der Waals surface area contributed by atoms with E-state index < -0.39 is 11.7 Å². The number of anilines is 2. The van der Waals surface area contributed by atoms with Gasteiger partial charge in [-0.15, -0.1) is 0 Å². The number of para-hydroxylation sites is 3. The van der Waals surface area contributed by atoms with Gasteiger partial charge in [0, 0.05) is 6.04 Å². The molecule has 1 aromatic heterocycles. The highest BCUT2D eigenvalue weighted by Crippen LogP contribution is 2.36. The zero-order valence-electron chi connectivity index (χ0n) is 12.7. The molecular formula is C17H16F3N3. The van der Waals surface area contributed by atoms with Crippen LogP contribution in [0.2, 0.25) is 0 Å². The average molecular weight is 319 g/mol. The summed E-state index contributed by atoms with van der Waals surface area (Å²) in [5.41, 5.74) is 0.919. The van der Waals surface area contributed by atoms with Crippen LogP contribution >= 0.6 is 0 Å². The summed E-state index contributed by atoms with van der Waals surface area (Å²) in [5, 5.41) is 2.85. The van der Waals surface area contributed by atoms with Crippen molar-refractivity contribution >= 4 is 22.7 Å². The summed E-state index contributed by atoms with van der Waals surface area (Å²) in [4.78, 5) is 4.44. The number of fused-ring (bicyclic) bond motifs is 1. The second-order valence-electron chi connectivity index (χ2n) is 5.56. The maximum Gasteiger partial charge on any atom is 0.418 e. The number of halogens is 3. The van der Waals surface area contributed by atoms with Crippen LogP contribution in [0.5, 0.6) is 0 Å². The lowest BCUT2D eigenvalue weighted by molar-refractivity contribution is -0.136. The third-order valence-electron chi connectivity index (χ3n) is 3.59. The van der Waals surface area contributed by atoms with Gasteiger partial charge in [-0.1, -0.05) is 24.3 Å². The Morgan fingerprint density at radius 3 is 2.35 bits per heavy atom. The summed E-state index contributed by atoms with van der Waals surface area (Å²) < 4.78 is 41.3. The van der Waals surface area contributed by atoms with Crippen LogP contribution in [0.1, 0.15) is 25.5 Å². The van der Waals surface area contributed by atoms with E-state index in [1.807, 2.05) is 42.7 Å². The van der Waals surface area contributed by atoms with Crippen LogP contribution in [0.15, 0.2) is 48.5 Å². The van der Waals surface area contributed by atoms with Crippen molar-refractivity contribution < 1.29 is 13.2 Å². The molecular weight excluding hydrogens is 303 g/mol. The minimum Gasteiger partial charge on any atom is -0.325 e. The highest BCUT2D eigenvalue weighted by Gasteiger charge is 2.33. The smallest absolute Gasteiger partial charge is 0.325 e. The van der Waals surface area contributed by atoms with Gasteiger partial charge in [0.1, 0.15) is 0 Å². The Labute approximate surface area is 131 Å². The molecule has 23 heavy (non-hydrogen) atoms. The monoisotopic (exact) mass is 319 g/mol. The van der Waals surface area contributed by atoms with Crippen LogP contribution in [-0.2, 0) is 6.18 Å². The minimum atomic E-state index is -4.42. The normalized spacial score (nSPS) is 12.1. The summed E-state index contributed by atoms with van der Waals surface area (Å²) in [6, 6.07) is 13.0. The van der Waals surface area contributed by atoms with Gasteiger partial charge in [-0.25, -0.2) is 4.98 Å². The molecule has 0 aliphatic heterocycles. The first-order valence-electron chi connectivity index (χ1n) is 7.28. The second-order valence-corrected chi connectivity index (χ2v) is 5.56. The van der Waals surface area contributed by atoms with Crippen LogP contribution in [-0.4, -0.2) is 9.55 Å². The van der Waals surface area contributed by atoms with E-state index in [-0.39, 0.29) is 11.7 Å². The molecule has 0 aliphatic rings. The van der Waals surface area contributed by atoms with E-state index in [0.717, 1.165) is 17.1 Å². The third kappa shape index (κ3) is 2.88. The Morgan fingerprint density at radius 2 is 1.65 bits per heavy atom. The highest BCUT2D eigenvalue weighted by molar-refractivity contribution is 5.80. The van der Waals surface area contributed by atoms with Gasteiger partial charge in [-0.3, -0.25) is 0 Å². The lowest BCUT2D eigenvalue weighted by Crippen LogP contribution is -2.11. The lowest BCUT2D eigenvalue weighted by atomic mass is 10.1. The Bertz CT molecular complexity index is 834. The molecule has 2 aromatic carbocycles. The summed E-state index contributed by atoms with van der Waals surface area (Å²) >= 11 is 0. The van der Waals surface area contributed by atoms with E-state index in [0.29, 0.717) is 5.95 Å². The topological polar surface area (TPSA) is 29.9 Å². The summed E-state index contributed by atoms with van der Waals surface area (Å²) in [6.07, 6.45) is -4.42. The fourth-order valence-corrected chi connectivity index (χ4v) is 2.62. The fourth-order valence-electron chi connectivity index (χ4n) is 2.62. The van der Waals surface area contributed by atoms with Crippen molar-refractivity contribution in [1.82, 2.24) is 9.55 Å². The Morgan fingerprint density at radius 1 is 1.00 bits per heavy atom. The van der Waals surface area contributed by atoms with E-state index in [2.05, 4.69) is 10.3 Å². The molecule has 6 heteroatoms. The zero-order valence-corrected chi connectivity index (χ0v) is 12.7. The molecule has 1 N–H and O–H groups in total. The molecule has 0 amide bonds. The number of imidazole rings is 1. The van der Waals surface area contributed by atoms with Gasteiger partial charge in [0.15, 0.2) is 0 Å². The van der Waals surface area contributed by atoms with E-state index in [4.69, 9.17) is 0 Å². The molecule has 3 nitrogen and oxygen atoms in total. The summed E-state index contributed by atoms with van der Waals surface area (Å²) in [7, 11) is 0. The molecule has 0 aliphatic carbocycles. The average Bonchev–Trinajstić information content (AvgIpc) is 2.84. The number of hydrogen-bond acceptors (Lipinski definition) is 2. The van der Waals surface area contributed by atoms with E-state index in [9.17, 15) is 13.2 Å². The molecule has 120 valence electrons. The van der Waals surface area contributed by atoms with Crippen LogP contribution in [0.3, 0.4) is 0 Å². The number of nitrogens with one attached hydrogen (secondary N) is 1. The predicted molar refractivity (Wildman–Crippen MR) is 84.8 cm³/mol. The fraction of sp³-hybridized carbons (Fsp3) is 0.235. The standard InChI is InChI=1S/C17H16F3N3/c1-11(2)23-15-10-6-5-9-14(15)22-16(23)21-13-8-4-3-7-12(13)17(18,19)20/h3-11H,1-2H3,(H,21,22). The van der Waals surface area contributed by atoms with Crippen LogP contribution in [0.4, 0.5) is 24.8 Å². The molecule has 3 aromatic rings. The maximum absolute atomic E-state index is 13.1. The predicted octanol–water partition coefficient (Wildman–Crippen LogP) is 5.38. The number of aromatic nitrogens is 2. The van der Waals surface area contributed by atoms with Crippen molar-refractivity contribution in [2.24, 2.45) is 0 Å². The maximum atomic E-state index is 13.1. The third-order valence-corrected chi connectivity index (χ3v) is 3.59. The molecule has 0 unspecified atom stereocenters. The molecule has 0 fully saturated rings. The van der Waals surface area contributed by atoms with Crippen molar-refractivity contribution in [3.63, 3.8) is 0 Å². The highest BCUT2D eigenvalue weighted by atomic mass is 19.4. The van der Waals surface area contributed by atoms with Crippen LogP contribution < -0.4 is 5.32 Å². The first-order chi connectivity index (χ1) is 10.9. The van der Waals surface area contributed by atoms with Gasteiger partial charge in [0.05, 0.1) is 22.3 Å². The first kappa shape index (κ1) is 15.4. The van der Waals surface area contributed by atoms with Crippen molar-refractivity contribution in [2.45, 2.75) is 26.1 Å². The molecule has 0 saturated heterocycles. The molecule has 0 radical (unpaired) electrons. The van der Waals surface area contributed by atoms with Gasteiger partial charge in [0.2, 0.25) is 5.95 Å². The minimum absolute atomic E-state index is 0.00259. The van der Waals surface area contributed by atoms with Crippen LogP contribution in [0, 0.1) is 0 Å². The molecule has 1 heterocycles. The van der Waals surface area contributed by atoms with Crippen molar-refractivity contribution in [3.8, 4) is 0 Å². The van der Waals surface area contributed by atoms with Gasteiger partial charge in [-0.05, 0) is 38.1 Å². The Kier molecular flexibility index (Phi) is 3.75. The van der Waals surface area contributed by atoms with Crippen molar-refractivity contribution in [1.29, 1.82) is 0 Å². The summed E-state index contributed by atoms with van der Waals surface area (Å²) in [5.74, 6) is 0.401. The number of rotatable bonds is 3. The molecule has 0 saturated carbocycles. The van der Waals surface area contributed by atoms with Gasteiger partial charge < -0.3 is 9.88 Å². The molecule has 0 atom stereocenters. The number of nitrogens with zero attached hydrogens (tertiary/aromatic N) is 2. The zero-order chi connectivity index (χ0) is 16.6. The lowest BCUT2D eigenvalue weighted by Gasteiger charge is -2.17. The molecule has 0 bridgehead atoms. The first-order valence-corrected chi connectivity index (χ1v) is 7.28. The van der Waals surface area contributed by atoms with Crippen LogP contribution in [0.25, 0.3) is 11.0 Å². The Hall–Kier alpha value is -2.50. The van der Waals surface area contributed by atoms with Crippen molar-refractivity contribution in [2.75, 3.05) is 5.32 Å². The molecule has 0 spiro atoms. The van der Waals surface area contributed by atoms with E-state index in [1.165, 1.54) is 12.1 Å². The quantitative estimate of drug-likeness (QED) is 0.702. The largest absolute Gasteiger partial charge is 0.418 e. The van der Waals surface area contributed by atoms with Gasteiger partial charge >= 0.3 is 6.18 Å². The molecule has 3 rings (SSSR count). The Balaban J connectivity index is 2.11. The number of benzene rings is 2. The SMILES string of the molecule is CC(C)n1c(Nc2ccccc2C(F)(F)F)nc2ccccc21. The summed E-state index contributed by atoms with van der Waals surface area (Å²) in [6.45, 7) is 3.93. The van der Waals surface area contributed by atoms with Gasteiger partial charge in [-0.2, -0.15) is 13.2 Å². The number of hydrogen-bond donors (Lipinski definition) is 1. The number of alkyl halides is 3. The second kappa shape index (κ2) is 5.61. The van der Waals surface area contributed by atoms with E-state index >= 15 is 0 Å². The van der Waals surface area contributed by atoms with Gasteiger partial charge in [0.25, 0.3) is 0 Å². The van der Waals surface area contributed by atoms with E-state index in [1.54, 1.807) is 6.07 Å². The van der Waals surface area contributed by atoms with Crippen molar-refractivity contribution in [3.05, 3.63) is 54.1 Å².